The minimum atomic E-state index is 0.697. The molecule has 0 aromatic heterocycles. The molecule has 0 fully saturated rings. The van der Waals surface area contributed by atoms with E-state index in [0.717, 1.165) is 6.42 Å². The maximum Gasteiger partial charge on any atom is -0.0258 e. The largest absolute Gasteiger partial charge is 0.134 e. The van der Waals surface area contributed by atoms with Gasteiger partial charge in [-0.05, 0) is 12.1 Å². The number of hydrogen-bond acceptors (Lipinski definition) is 0. The quantitative estimate of drug-likeness (QED) is 0.368. The summed E-state index contributed by atoms with van der Waals surface area (Å²) in [4.78, 5) is 0. The molecule has 2 atom stereocenters. The zero-order chi connectivity index (χ0) is 4.99. The van der Waals surface area contributed by atoms with Gasteiger partial charge in [-0.15, -0.1) is 15.8 Å². The Labute approximate surface area is 41.8 Å². The summed E-state index contributed by atoms with van der Waals surface area (Å²) in [7, 11) is 2.71. The van der Waals surface area contributed by atoms with Crippen molar-refractivity contribution in [3.05, 3.63) is 12.7 Å². The van der Waals surface area contributed by atoms with Crippen molar-refractivity contribution < 1.29 is 0 Å². The maximum absolute atomic E-state index is 3.59. The highest BCUT2D eigenvalue weighted by Gasteiger charge is 1.82. The van der Waals surface area contributed by atoms with Crippen molar-refractivity contribution in [2.75, 3.05) is 0 Å². The van der Waals surface area contributed by atoms with Gasteiger partial charge in [-0.25, -0.2) is 0 Å². The van der Waals surface area contributed by atoms with Gasteiger partial charge in [-0.1, -0.05) is 13.0 Å². The first-order valence-corrected chi connectivity index (χ1v) is 2.80. The fourth-order valence-electron chi connectivity index (χ4n) is 0.263. The molecule has 0 aromatic carbocycles. The molecule has 0 radical (unpaired) electrons. The van der Waals surface area contributed by atoms with Crippen LogP contribution < -0.4 is 0 Å². The van der Waals surface area contributed by atoms with Gasteiger partial charge >= 0.3 is 0 Å². The van der Waals surface area contributed by atoms with Crippen LogP contribution in [0, 0.1) is 0 Å². The molecule has 0 nitrogen and oxygen atoms in total. The van der Waals surface area contributed by atoms with E-state index in [4.69, 9.17) is 0 Å². The van der Waals surface area contributed by atoms with Gasteiger partial charge in [0.1, 0.15) is 0 Å². The van der Waals surface area contributed by atoms with E-state index in [-0.39, 0.29) is 0 Å². The molecule has 6 heavy (non-hydrogen) atoms. The lowest BCUT2D eigenvalue weighted by Crippen LogP contribution is -1.81. The average Bonchev–Trinajstić information content (AvgIpc) is 1.35. The summed E-state index contributed by atoms with van der Waals surface area (Å²) in [5, 5.41) is 0. The molecule has 1 heteroatoms. The van der Waals surface area contributed by atoms with Crippen LogP contribution in [-0.4, -0.2) is 5.66 Å². The van der Waals surface area contributed by atoms with Gasteiger partial charge in [0.2, 0.25) is 0 Å². The van der Waals surface area contributed by atoms with E-state index < -0.39 is 0 Å². The Morgan fingerprint density at radius 2 is 2.50 bits per heavy atom. The Morgan fingerprint density at radius 1 is 2.00 bits per heavy atom. The Morgan fingerprint density at radius 3 is 2.50 bits per heavy atom. The molecule has 36 valence electrons. The first kappa shape index (κ1) is 6.17. The molecule has 0 aliphatic rings. The van der Waals surface area contributed by atoms with Crippen molar-refractivity contribution in [2.24, 2.45) is 0 Å². The van der Waals surface area contributed by atoms with E-state index in [1.165, 1.54) is 0 Å². The zero-order valence-electron chi connectivity index (χ0n) is 4.15. The predicted octanol–water partition coefficient (Wildman–Crippen LogP) is 1.83. The molecule has 2 unspecified atom stereocenters. The standard InChI is InChI=1S/C5H11P/c1-3-4-5(2)6/h3,5H,1,4,6H2,2H3. The summed E-state index contributed by atoms with van der Waals surface area (Å²) >= 11 is 0. The van der Waals surface area contributed by atoms with E-state index in [9.17, 15) is 0 Å². The molecule has 0 spiro atoms. The molecule has 0 aliphatic carbocycles. The van der Waals surface area contributed by atoms with E-state index in [1.807, 2.05) is 6.08 Å². The first-order chi connectivity index (χ1) is 2.77. The third kappa shape index (κ3) is 4.17. The van der Waals surface area contributed by atoms with Crippen LogP contribution in [0.3, 0.4) is 0 Å². The molecule has 0 rings (SSSR count). The second kappa shape index (κ2) is 3.36. The van der Waals surface area contributed by atoms with E-state index in [1.54, 1.807) is 0 Å². The van der Waals surface area contributed by atoms with Gasteiger partial charge in [0.15, 0.2) is 0 Å². The molecular weight excluding hydrogens is 91.0 g/mol. The van der Waals surface area contributed by atoms with Gasteiger partial charge in [0.25, 0.3) is 0 Å². The predicted molar refractivity (Wildman–Crippen MR) is 34.0 cm³/mol. The SMILES string of the molecule is C=CCC(C)P. The Balaban J connectivity index is 2.81. The number of hydrogen-bond donors (Lipinski definition) is 0. The van der Waals surface area contributed by atoms with Crippen molar-refractivity contribution in [1.82, 2.24) is 0 Å². The lowest BCUT2D eigenvalue weighted by molar-refractivity contribution is 0.986. The van der Waals surface area contributed by atoms with Gasteiger partial charge in [-0.2, -0.15) is 0 Å². The normalized spacial score (nSPS) is 13.7. The minimum absolute atomic E-state index is 0.697. The summed E-state index contributed by atoms with van der Waals surface area (Å²) in [5.74, 6) is 0. The molecule has 0 N–H and O–H groups in total. The molecule has 0 saturated heterocycles. The minimum Gasteiger partial charge on any atom is -0.134 e. The zero-order valence-corrected chi connectivity index (χ0v) is 5.30. The number of allylic oxidation sites excluding steroid dienone is 1. The van der Waals surface area contributed by atoms with Crippen molar-refractivity contribution in [3.63, 3.8) is 0 Å². The van der Waals surface area contributed by atoms with Gasteiger partial charge in [0, 0.05) is 0 Å². The Kier molecular flexibility index (Phi) is 3.46. The fraction of sp³-hybridized carbons (Fsp3) is 0.600. The Bertz CT molecular complexity index is 39.2. The van der Waals surface area contributed by atoms with Crippen molar-refractivity contribution in [2.45, 2.75) is 19.0 Å². The second-order valence-electron chi connectivity index (χ2n) is 1.50. The highest BCUT2D eigenvalue weighted by molar-refractivity contribution is 7.17. The lowest BCUT2D eigenvalue weighted by atomic mass is 10.3. The summed E-state index contributed by atoms with van der Waals surface area (Å²) in [6, 6.07) is 0. The molecule has 0 saturated carbocycles. The molecule has 0 aromatic rings. The van der Waals surface area contributed by atoms with Crippen molar-refractivity contribution in [3.8, 4) is 0 Å². The van der Waals surface area contributed by atoms with E-state index >= 15 is 0 Å². The van der Waals surface area contributed by atoms with Crippen LogP contribution in [0.2, 0.25) is 0 Å². The Hall–Kier alpha value is 0.170. The molecule has 0 amide bonds. The number of rotatable bonds is 2. The maximum atomic E-state index is 3.59. The van der Waals surface area contributed by atoms with Crippen LogP contribution in [0.1, 0.15) is 13.3 Å². The smallest absolute Gasteiger partial charge is 0.0258 e. The topological polar surface area (TPSA) is 0 Å². The van der Waals surface area contributed by atoms with Crippen LogP contribution in [-0.2, 0) is 0 Å². The molecule has 0 aliphatic heterocycles. The van der Waals surface area contributed by atoms with Crippen LogP contribution >= 0.6 is 9.24 Å². The molecule has 0 heterocycles. The third-order valence-electron chi connectivity index (χ3n) is 0.538. The first-order valence-electron chi connectivity index (χ1n) is 2.14. The lowest BCUT2D eigenvalue weighted by Gasteiger charge is -1.92. The summed E-state index contributed by atoms with van der Waals surface area (Å²) in [5.41, 5.74) is 0.697. The highest BCUT2D eigenvalue weighted by atomic mass is 31.0. The molecule has 0 bridgehead atoms. The van der Waals surface area contributed by atoms with Crippen LogP contribution in [0.5, 0.6) is 0 Å². The molecular formula is C5H11P. The van der Waals surface area contributed by atoms with Gasteiger partial charge < -0.3 is 0 Å². The van der Waals surface area contributed by atoms with Gasteiger partial charge in [-0.3, -0.25) is 0 Å². The van der Waals surface area contributed by atoms with Crippen LogP contribution in [0.25, 0.3) is 0 Å². The third-order valence-corrected chi connectivity index (χ3v) is 0.811. The summed E-state index contributed by atoms with van der Waals surface area (Å²) in [6.45, 7) is 5.73. The van der Waals surface area contributed by atoms with Crippen molar-refractivity contribution in [1.29, 1.82) is 0 Å². The van der Waals surface area contributed by atoms with Crippen LogP contribution in [0.15, 0.2) is 12.7 Å². The monoisotopic (exact) mass is 102 g/mol. The average molecular weight is 102 g/mol. The van der Waals surface area contributed by atoms with Crippen LogP contribution in [0.4, 0.5) is 0 Å². The van der Waals surface area contributed by atoms with E-state index in [2.05, 4.69) is 22.7 Å². The fourth-order valence-corrected chi connectivity index (χ4v) is 0.455. The highest BCUT2D eigenvalue weighted by Crippen LogP contribution is 2.01. The second-order valence-corrected chi connectivity index (χ2v) is 2.64. The van der Waals surface area contributed by atoms with Crippen molar-refractivity contribution >= 4 is 9.24 Å². The summed E-state index contributed by atoms with van der Waals surface area (Å²) in [6.07, 6.45) is 3.03. The van der Waals surface area contributed by atoms with E-state index in [0.29, 0.717) is 5.66 Å². The summed E-state index contributed by atoms with van der Waals surface area (Å²) < 4.78 is 0. The van der Waals surface area contributed by atoms with Gasteiger partial charge in [0.05, 0.1) is 0 Å².